The molecule has 5 heteroatoms. The highest BCUT2D eigenvalue weighted by atomic mass is 32.2. The van der Waals surface area contributed by atoms with Crippen LogP contribution in [0.25, 0.3) is 0 Å². The van der Waals surface area contributed by atoms with Gasteiger partial charge in [0.2, 0.25) is 5.91 Å². The Morgan fingerprint density at radius 3 is 2.21 bits per heavy atom. The van der Waals surface area contributed by atoms with Crippen molar-refractivity contribution in [2.75, 3.05) is 5.32 Å². The highest BCUT2D eigenvalue weighted by Gasteiger charge is 2.17. The minimum Gasteiger partial charge on any atom is -0.307 e. The largest absolute Gasteiger partial charge is 0.325 e. The minimum atomic E-state index is -0.511. The van der Waals surface area contributed by atoms with Gasteiger partial charge in [-0.1, -0.05) is 35.4 Å². The fourth-order valence-electron chi connectivity index (χ4n) is 2.20. The Balaban J connectivity index is 1.90. The molecule has 0 radical (unpaired) electrons. The van der Waals surface area contributed by atoms with Crippen LogP contribution in [0.1, 0.15) is 23.6 Å². The highest BCUT2D eigenvalue weighted by Crippen LogP contribution is 2.23. The van der Waals surface area contributed by atoms with E-state index in [-0.39, 0.29) is 11.2 Å². The molecule has 0 aliphatic rings. The summed E-state index contributed by atoms with van der Waals surface area (Å²) < 4.78 is 0. The summed E-state index contributed by atoms with van der Waals surface area (Å²) in [6.07, 6.45) is 0. The minimum absolute atomic E-state index is 0.317. The number of anilines is 1. The molecule has 0 fully saturated rings. The summed E-state index contributed by atoms with van der Waals surface area (Å²) in [6.45, 7) is 7.71. The van der Waals surface area contributed by atoms with Crippen molar-refractivity contribution in [3.63, 3.8) is 0 Å². The third-order valence-electron chi connectivity index (χ3n) is 3.57. The first kappa shape index (κ1) is 18.1. The van der Waals surface area contributed by atoms with Gasteiger partial charge in [-0.15, -0.1) is 11.8 Å². The molecular formula is C19H22N2O2S. The van der Waals surface area contributed by atoms with E-state index in [4.69, 9.17) is 0 Å². The average Bonchev–Trinajstić information content (AvgIpc) is 2.52. The number of carbonyl (C=O) groups is 2. The van der Waals surface area contributed by atoms with Crippen LogP contribution in [-0.4, -0.2) is 17.2 Å². The van der Waals surface area contributed by atoms with Crippen LogP contribution in [0.5, 0.6) is 0 Å². The monoisotopic (exact) mass is 342 g/mol. The van der Waals surface area contributed by atoms with E-state index >= 15 is 0 Å². The van der Waals surface area contributed by atoms with Crippen molar-refractivity contribution in [3.8, 4) is 0 Å². The van der Waals surface area contributed by atoms with E-state index in [0.717, 1.165) is 16.0 Å². The van der Waals surface area contributed by atoms with Crippen LogP contribution in [-0.2, 0) is 4.79 Å². The van der Waals surface area contributed by atoms with Crippen LogP contribution in [0, 0.1) is 20.8 Å². The number of thioether (sulfide) groups is 1. The first-order valence-electron chi connectivity index (χ1n) is 7.77. The van der Waals surface area contributed by atoms with Gasteiger partial charge in [-0.3, -0.25) is 10.1 Å². The molecule has 0 saturated carbocycles. The lowest BCUT2D eigenvalue weighted by molar-refractivity contribution is -0.119. The Kier molecular flexibility index (Phi) is 6.04. The molecule has 0 aliphatic carbocycles. The number of hydrogen-bond donors (Lipinski definition) is 2. The van der Waals surface area contributed by atoms with Gasteiger partial charge in [0.25, 0.3) is 0 Å². The molecule has 3 amide bonds. The zero-order valence-corrected chi connectivity index (χ0v) is 15.2. The molecule has 2 N–H and O–H groups in total. The van der Waals surface area contributed by atoms with Crippen molar-refractivity contribution in [1.82, 2.24) is 5.32 Å². The van der Waals surface area contributed by atoms with E-state index < -0.39 is 6.03 Å². The molecule has 2 rings (SSSR count). The Morgan fingerprint density at radius 2 is 1.58 bits per heavy atom. The maximum Gasteiger partial charge on any atom is 0.325 e. The standard InChI is InChI=1S/C19H22N2O2S/c1-12-5-8-16(9-6-12)24-15(4)18(22)21-19(23)20-17-10-7-13(2)11-14(17)3/h5-11,15H,1-4H3,(H2,20,21,22,23). The van der Waals surface area contributed by atoms with Crippen LogP contribution in [0.2, 0.25) is 0 Å². The molecule has 4 nitrogen and oxygen atoms in total. The highest BCUT2D eigenvalue weighted by molar-refractivity contribution is 8.00. The molecule has 0 heterocycles. The summed E-state index contributed by atoms with van der Waals surface area (Å²) in [5.41, 5.74) is 3.95. The third kappa shape index (κ3) is 5.13. The van der Waals surface area contributed by atoms with Gasteiger partial charge in [-0.2, -0.15) is 0 Å². The van der Waals surface area contributed by atoms with Crippen LogP contribution in [0.3, 0.4) is 0 Å². The van der Waals surface area contributed by atoms with E-state index in [1.807, 2.05) is 63.2 Å². The Labute approximate surface area is 147 Å². The molecule has 2 aromatic carbocycles. The fourth-order valence-corrected chi connectivity index (χ4v) is 3.06. The van der Waals surface area contributed by atoms with Gasteiger partial charge in [0.15, 0.2) is 0 Å². The number of rotatable bonds is 4. The number of hydrogen-bond acceptors (Lipinski definition) is 3. The lowest BCUT2D eigenvalue weighted by Gasteiger charge is -2.13. The van der Waals surface area contributed by atoms with Crippen molar-refractivity contribution < 1.29 is 9.59 Å². The molecule has 0 spiro atoms. The van der Waals surface area contributed by atoms with Gasteiger partial charge >= 0.3 is 6.03 Å². The average molecular weight is 342 g/mol. The van der Waals surface area contributed by atoms with Crippen molar-refractivity contribution in [3.05, 3.63) is 59.2 Å². The van der Waals surface area contributed by atoms with E-state index in [9.17, 15) is 9.59 Å². The van der Waals surface area contributed by atoms with E-state index in [0.29, 0.717) is 5.69 Å². The summed E-state index contributed by atoms with van der Waals surface area (Å²) in [4.78, 5) is 25.2. The molecule has 0 aromatic heterocycles. The van der Waals surface area contributed by atoms with E-state index in [1.54, 1.807) is 6.92 Å². The normalized spacial score (nSPS) is 11.7. The molecule has 24 heavy (non-hydrogen) atoms. The molecule has 1 unspecified atom stereocenters. The first-order valence-corrected chi connectivity index (χ1v) is 8.65. The van der Waals surface area contributed by atoms with Crippen molar-refractivity contribution in [2.45, 2.75) is 37.8 Å². The van der Waals surface area contributed by atoms with Crippen molar-refractivity contribution in [2.24, 2.45) is 0 Å². The summed E-state index contributed by atoms with van der Waals surface area (Å²) in [6, 6.07) is 13.2. The summed E-state index contributed by atoms with van der Waals surface area (Å²) in [7, 11) is 0. The predicted octanol–water partition coefficient (Wildman–Crippen LogP) is 4.44. The summed E-state index contributed by atoms with van der Waals surface area (Å²) >= 11 is 1.42. The quantitative estimate of drug-likeness (QED) is 0.808. The van der Waals surface area contributed by atoms with E-state index in [2.05, 4.69) is 10.6 Å². The van der Waals surface area contributed by atoms with Crippen LogP contribution in [0.15, 0.2) is 47.4 Å². The molecule has 0 aliphatic heterocycles. The number of carbonyl (C=O) groups excluding carboxylic acids is 2. The van der Waals surface area contributed by atoms with Crippen molar-refractivity contribution in [1.29, 1.82) is 0 Å². The third-order valence-corrected chi connectivity index (χ3v) is 4.68. The fraction of sp³-hybridized carbons (Fsp3) is 0.263. The number of nitrogens with one attached hydrogen (secondary N) is 2. The molecule has 0 saturated heterocycles. The Hall–Kier alpha value is -2.27. The smallest absolute Gasteiger partial charge is 0.307 e. The summed E-state index contributed by atoms with van der Waals surface area (Å²) in [5.74, 6) is -0.317. The van der Waals surface area contributed by atoms with Crippen LogP contribution >= 0.6 is 11.8 Å². The van der Waals surface area contributed by atoms with Gasteiger partial charge < -0.3 is 5.32 Å². The SMILES string of the molecule is Cc1ccc(SC(C)C(=O)NC(=O)Nc2ccc(C)cc2C)cc1. The molecule has 0 bridgehead atoms. The maximum absolute atomic E-state index is 12.2. The lowest BCUT2D eigenvalue weighted by Crippen LogP contribution is -2.39. The predicted molar refractivity (Wildman–Crippen MR) is 99.6 cm³/mol. The van der Waals surface area contributed by atoms with E-state index in [1.165, 1.54) is 17.3 Å². The summed E-state index contributed by atoms with van der Waals surface area (Å²) in [5, 5.41) is 4.74. The molecule has 1 atom stereocenters. The first-order chi connectivity index (χ1) is 11.3. The molecular weight excluding hydrogens is 320 g/mol. The number of urea groups is 1. The number of imide groups is 1. The second kappa shape index (κ2) is 8.02. The number of amides is 3. The zero-order chi connectivity index (χ0) is 17.7. The molecule has 2 aromatic rings. The molecule has 126 valence electrons. The number of aryl methyl sites for hydroxylation is 3. The van der Waals surface area contributed by atoms with Gasteiger partial charge in [-0.25, -0.2) is 4.79 Å². The topological polar surface area (TPSA) is 58.2 Å². The number of benzene rings is 2. The van der Waals surface area contributed by atoms with Crippen molar-refractivity contribution >= 4 is 29.4 Å². The van der Waals surface area contributed by atoms with Crippen LogP contribution < -0.4 is 10.6 Å². The van der Waals surface area contributed by atoms with Gasteiger partial charge in [0, 0.05) is 10.6 Å². The van der Waals surface area contributed by atoms with Gasteiger partial charge in [0.1, 0.15) is 0 Å². The zero-order valence-electron chi connectivity index (χ0n) is 14.3. The second-order valence-electron chi connectivity index (χ2n) is 5.83. The lowest BCUT2D eigenvalue weighted by atomic mass is 10.1. The van der Waals surface area contributed by atoms with Gasteiger partial charge in [0.05, 0.1) is 5.25 Å². The maximum atomic E-state index is 12.2. The Bertz CT molecular complexity index is 742. The second-order valence-corrected chi connectivity index (χ2v) is 7.25. The van der Waals surface area contributed by atoms with Gasteiger partial charge in [-0.05, 0) is 51.5 Å². The Morgan fingerprint density at radius 1 is 0.958 bits per heavy atom. The van der Waals surface area contributed by atoms with Crippen LogP contribution in [0.4, 0.5) is 10.5 Å².